The number of H-pyrrole nitrogens is 1. The Bertz CT molecular complexity index is 917. The summed E-state index contributed by atoms with van der Waals surface area (Å²) in [7, 11) is 1.52. The van der Waals surface area contributed by atoms with E-state index in [-0.39, 0.29) is 24.4 Å². The number of hydrogen-bond acceptors (Lipinski definition) is 2. The van der Waals surface area contributed by atoms with Gasteiger partial charge in [-0.05, 0) is 35.7 Å². The van der Waals surface area contributed by atoms with Crippen LogP contribution in [0.5, 0.6) is 0 Å². The predicted octanol–water partition coefficient (Wildman–Crippen LogP) is 3.43. The fraction of sp³-hybridized carbons (Fsp3) is 0.250. The number of aromatic nitrogens is 1. The molecule has 2 aromatic carbocycles. The van der Waals surface area contributed by atoms with E-state index >= 15 is 0 Å². The van der Waals surface area contributed by atoms with E-state index in [1.165, 1.54) is 30.2 Å². The highest BCUT2D eigenvalue weighted by Crippen LogP contribution is 2.38. The van der Waals surface area contributed by atoms with Gasteiger partial charge in [-0.25, -0.2) is 4.39 Å². The van der Waals surface area contributed by atoms with Crippen LogP contribution in [0.3, 0.4) is 0 Å². The fourth-order valence-electron chi connectivity index (χ4n) is 3.71. The van der Waals surface area contributed by atoms with Crippen LogP contribution in [0.25, 0.3) is 10.9 Å². The van der Waals surface area contributed by atoms with Crippen LogP contribution in [-0.2, 0) is 16.0 Å². The third kappa shape index (κ3) is 2.70. The Kier molecular flexibility index (Phi) is 4.01. The molecule has 0 saturated carbocycles. The molecule has 128 valence electrons. The highest BCUT2D eigenvalue weighted by atomic mass is 19.1. The number of hydrogen-bond donors (Lipinski definition) is 1. The lowest BCUT2D eigenvalue weighted by Gasteiger charge is -2.36. The second kappa shape index (κ2) is 6.33. The third-order valence-electron chi connectivity index (χ3n) is 4.81. The van der Waals surface area contributed by atoms with Gasteiger partial charge in [0.25, 0.3) is 0 Å². The molecular weight excluding hydrogens is 319 g/mol. The second-order valence-electron chi connectivity index (χ2n) is 6.29. The monoisotopic (exact) mass is 338 g/mol. The summed E-state index contributed by atoms with van der Waals surface area (Å²) >= 11 is 0. The number of benzene rings is 2. The summed E-state index contributed by atoms with van der Waals surface area (Å²) < 4.78 is 18.4. The van der Waals surface area contributed by atoms with Gasteiger partial charge in [-0.1, -0.05) is 30.3 Å². The number of carbonyl (C=O) groups excluding carboxylic acids is 1. The Balaban J connectivity index is 1.87. The van der Waals surface area contributed by atoms with E-state index in [1.807, 2.05) is 23.1 Å². The number of carbonyl (C=O) groups is 1. The lowest BCUT2D eigenvalue weighted by molar-refractivity contribution is -0.137. The number of amides is 1. The summed E-state index contributed by atoms with van der Waals surface area (Å²) in [5, 5.41) is 1.18. The maximum Gasteiger partial charge on any atom is 0.249 e. The van der Waals surface area contributed by atoms with Gasteiger partial charge in [0.1, 0.15) is 12.4 Å². The number of ether oxygens (including phenoxy) is 1. The van der Waals surface area contributed by atoms with Crippen molar-refractivity contribution in [2.45, 2.75) is 12.5 Å². The molecule has 4 nitrogen and oxygen atoms in total. The van der Waals surface area contributed by atoms with E-state index in [1.54, 1.807) is 12.1 Å². The number of aromatic amines is 1. The van der Waals surface area contributed by atoms with Gasteiger partial charge in [-0.3, -0.25) is 4.79 Å². The highest BCUT2D eigenvalue weighted by Gasteiger charge is 2.34. The number of fused-ring (bicyclic) bond motifs is 3. The predicted molar refractivity (Wildman–Crippen MR) is 93.8 cm³/mol. The van der Waals surface area contributed by atoms with Crippen molar-refractivity contribution in [3.05, 3.63) is 71.2 Å². The Labute approximate surface area is 145 Å². The van der Waals surface area contributed by atoms with Crippen LogP contribution in [0, 0.1) is 5.82 Å². The lowest BCUT2D eigenvalue weighted by atomic mass is 9.92. The summed E-state index contributed by atoms with van der Waals surface area (Å²) in [5.41, 5.74) is 4.17. The molecule has 1 N–H and O–H groups in total. The zero-order valence-corrected chi connectivity index (χ0v) is 14.0. The van der Waals surface area contributed by atoms with Crippen LogP contribution in [0.1, 0.15) is 22.9 Å². The Morgan fingerprint density at radius 2 is 2.00 bits per heavy atom. The molecule has 1 amide bonds. The Morgan fingerprint density at radius 1 is 1.24 bits per heavy atom. The van der Waals surface area contributed by atoms with Gasteiger partial charge in [0.2, 0.25) is 5.91 Å². The quantitative estimate of drug-likeness (QED) is 0.795. The lowest BCUT2D eigenvalue weighted by Crippen LogP contribution is -2.42. The topological polar surface area (TPSA) is 45.3 Å². The molecule has 1 aliphatic rings. The van der Waals surface area contributed by atoms with Crippen molar-refractivity contribution in [2.75, 3.05) is 20.3 Å². The Hall–Kier alpha value is -2.66. The van der Waals surface area contributed by atoms with Crippen LogP contribution < -0.4 is 0 Å². The average Bonchev–Trinajstić information content (AvgIpc) is 3.00. The molecule has 2 heterocycles. The van der Waals surface area contributed by atoms with Crippen molar-refractivity contribution in [1.82, 2.24) is 9.88 Å². The van der Waals surface area contributed by atoms with Gasteiger partial charge in [-0.2, -0.15) is 0 Å². The largest absolute Gasteiger partial charge is 0.375 e. The molecule has 0 unspecified atom stereocenters. The van der Waals surface area contributed by atoms with Gasteiger partial charge >= 0.3 is 0 Å². The van der Waals surface area contributed by atoms with Gasteiger partial charge in [0.15, 0.2) is 0 Å². The van der Waals surface area contributed by atoms with Crippen LogP contribution in [-0.4, -0.2) is 36.1 Å². The summed E-state index contributed by atoms with van der Waals surface area (Å²) in [6.45, 7) is 0.645. The van der Waals surface area contributed by atoms with Crippen molar-refractivity contribution >= 4 is 16.8 Å². The third-order valence-corrected chi connectivity index (χ3v) is 4.81. The van der Waals surface area contributed by atoms with Gasteiger partial charge in [-0.15, -0.1) is 0 Å². The Morgan fingerprint density at radius 3 is 2.76 bits per heavy atom. The van der Waals surface area contributed by atoms with Gasteiger partial charge in [0, 0.05) is 30.3 Å². The van der Waals surface area contributed by atoms with E-state index in [2.05, 4.69) is 11.1 Å². The normalized spacial score (nSPS) is 16.9. The van der Waals surface area contributed by atoms with Gasteiger partial charge < -0.3 is 14.6 Å². The smallest absolute Gasteiger partial charge is 0.249 e. The van der Waals surface area contributed by atoms with Crippen molar-refractivity contribution in [3.8, 4) is 0 Å². The molecule has 3 aromatic rings. The summed E-state index contributed by atoms with van der Waals surface area (Å²) in [6, 6.07) is 14.2. The van der Waals surface area contributed by atoms with Crippen LogP contribution in [0.4, 0.5) is 4.39 Å². The van der Waals surface area contributed by atoms with E-state index in [4.69, 9.17) is 4.74 Å². The van der Waals surface area contributed by atoms with Crippen LogP contribution in [0.15, 0.2) is 48.5 Å². The molecule has 0 saturated heterocycles. The van der Waals surface area contributed by atoms with Crippen molar-refractivity contribution in [1.29, 1.82) is 0 Å². The fourth-order valence-corrected chi connectivity index (χ4v) is 3.71. The van der Waals surface area contributed by atoms with E-state index in [0.29, 0.717) is 6.54 Å². The van der Waals surface area contributed by atoms with E-state index in [9.17, 15) is 9.18 Å². The first-order valence-electron chi connectivity index (χ1n) is 8.32. The van der Waals surface area contributed by atoms with E-state index < -0.39 is 0 Å². The number of halogens is 1. The zero-order valence-electron chi connectivity index (χ0n) is 14.0. The average molecular weight is 338 g/mol. The summed E-state index contributed by atoms with van der Waals surface area (Å²) in [6.07, 6.45) is 0.784. The molecule has 0 fully saturated rings. The first-order valence-corrected chi connectivity index (χ1v) is 8.32. The number of nitrogens with zero attached hydrogens (tertiary/aromatic N) is 1. The molecule has 1 aromatic heterocycles. The van der Waals surface area contributed by atoms with E-state index in [0.717, 1.165) is 23.2 Å². The molecule has 4 rings (SSSR count). The summed E-state index contributed by atoms with van der Waals surface area (Å²) in [4.78, 5) is 17.9. The van der Waals surface area contributed by atoms with Crippen molar-refractivity contribution in [2.24, 2.45) is 0 Å². The van der Waals surface area contributed by atoms with Crippen LogP contribution >= 0.6 is 0 Å². The minimum atomic E-state index is -0.286. The maximum atomic E-state index is 13.4. The molecule has 0 aliphatic carbocycles. The molecule has 0 spiro atoms. The standard InChI is InChI=1S/C20H19FN2O2/c1-25-12-18(24)23-11-10-16-15-4-2-3-5-17(15)22-19(16)20(23)13-6-8-14(21)9-7-13/h2-9,20,22H,10-12H2,1H3/t20-/m0/s1. The zero-order chi connectivity index (χ0) is 17.4. The highest BCUT2D eigenvalue weighted by molar-refractivity contribution is 5.86. The molecule has 5 heteroatoms. The number of para-hydroxylation sites is 1. The number of nitrogens with one attached hydrogen (secondary N) is 1. The van der Waals surface area contributed by atoms with Crippen LogP contribution in [0.2, 0.25) is 0 Å². The number of methoxy groups -OCH3 is 1. The molecule has 0 radical (unpaired) electrons. The first kappa shape index (κ1) is 15.8. The molecule has 0 bridgehead atoms. The second-order valence-corrected chi connectivity index (χ2v) is 6.29. The van der Waals surface area contributed by atoms with Gasteiger partial charge in [0.05, 0.1) is 6.04 Å². The van der Waals surface area contributed by atoms with Crippen molar-refractivity contribution in [3.63, 3.8) is 0 Å². The summed E-state index contributed by atoms with van der Waals surface area (Å²) in [5.74, 6) is -0.354. The maximum absolute atomic E-state index is 13.4. The molecule has 25 heavy (non-hydrogen) atoms. The molecular formula is C20H19FN2O2. The SMILES string of the molecule is COCC(=O)N1CCc2c([nH]c3ccccc23)[C@@H]1c1ccc(F)cc1. The minimum Gasteiger partial charge on any atom is -0.375 e. The minimum absolute atomic E-state index is 0.0350. The molecule has 1 aliphatic heterocycles. The first-order chi connectivity index (χ1) is 12.2. The molecule has 1 atom stereocenters. The number of rotatable bonds is 3. The van der Waals surface area contributed by atoms with Crippen molar-refractivity contribution < 1.29 is 13.9 Å².